The summed E-state index contributed by atoms with van der Waals surface area (Å²) in [5, 5.41) is 1.09. The van der Waals surface area contributed by atoms with Crippen LogP contribution in [0.4, 0.5) is 0 Å². The zero-order chi connectivity index (χ0) is 11.4. The first-order valence-corrected chi connectivity index (χ1v) is 5.80. The maximum Gasteiger partial charge on any atom is 0.145 e. The Labute approximate surface area is 105 Å². The van der Waals surface area contributed by atoms with Crippen LogP contribution < -0.4 is 0 Å². The van der Waals surface area contributed by atoms with Crippen LogP contribution in [0.3, 0.4) is 0 Å². The van der Waals surface area contributed by atoms with E-state index in [1.807, 2.05) is 58.7 Å². The quantitative estimate of drug-likeness (QED) is 0.698. The highest BCUT2D eigenvalue weighted by Crippen LogP contribution is 2.24. The fourth-order valence-corrected chi connectivity index (χ4v) is 1.93. The molecule has 2 aliphatic rings. The van der Waals surface area contributed by atoms with Crippen LogP contribution >= 0.6 is 23.2 Å². The molecule has 2 heterocycles. The molecule has 0 fully saturated rings. The number of rotatable bonds is 2. The number of hydrogen-bond acceptors (Lipinski definition) is 2. The van der Waals surface area contributed by atoms with Crippen molar-refractivity contribution >= 4 is 23.2 Å². The predicted molar refractivity (Wildman–Crippen MR) is 68.7 cm³/mol. The molecule has 0 bridgehead atoms. The first-order chi connectivity index (χ1) is 7.79. The summed E-state index contributed by atoms with van der Waals surface area (Å²) in [5.41, 5.74) is 0. The summed E-state index contributed by atoms with van der Waals surface area (Å²) in [5.74, 6) is 0. The second kappa shape index (κ2) is 5.28. The van der Waals surface area contributed by atoms with Gasteiger partial charge >= 0.3 is 0 Å². The Balaban J connectivity index is 2.13. The van der Waals surface area contributed by atoms with Gasteiger partial charge in [0.1, 0.15) is 10.3 Å². The van der Waals surface area contributed by atoms with Gasteiger partial charge in [-0.05, 0) is 12.2 Å². The van der Waals surface area contributed by atoms with Crippen molar-refractivity contribution in [1.29, 1.82) is 0 Å². The Morgan fingerprint density at radius 2 is 1.19 bits per heavy atom. The topological polar surface area (TPSA) is 6.48 Å². The van der Waals surface area contributed by atoms with Gasteiger partial charge in [-0.2, -0.15) is 0 Å². The third-order valence-corrected chi connectivity index (χ3v) is 3.19. The van der Waals surface area contributed by atoms with E-state index >= 15 is 0 Å². The number of hydrogen-bond donors (Lipinski definition) is 0. The molecule has 0 aromatic carbocycles. The summed E-state index contributed by atoms with van der Waals surface area (Å²) in [6, 6.07) is 0. The van der Waals surface area contributed by atoms with Crippen LogP contribution in [-0.2, 0) is 0 Å². The number of halogens is 2. The zero-order valence-electron chi connectivity index (χ0n) is 8.68. The lowest BCUT2D eigenvalue weighted by Crippen LogP contribution is -2.22. The van der Waals surface area contributed by atoms with E-state index in [2.05, 4.69) is 0 Å². The molecule has 0 spiro atoms. The van der Waals surface area contributed by atoms with Crippen molar-refractivity contribution in [1.82, 2.24) is 9.80 Å². The van der Waals surface area contributed by atoms with E-state index in [9.17, 15) is 0 Å². The highest BCUT2D eigenvalue weighted by atomic mass is 35.5. The number of allylic oxidation sites excluding steroid dienone is 4. The molecule has 0 saturated heterocycles. The van der Waals surface area contributed by atoms with Crippen molar-refractivity contribution in [3.8, 4) is 0 Å². The maximum atomic E-state index is 6.23. The molecule has 4 heteroatoms. The minimum Gasteiger partial charge on any atom is -0.332 e. The summed E-state index contributed by atoms with van der Waals surface area (Å²) in [7, 11) is 0. The van der Waals surface area contributed by atoms with Gasteiger partial charge in [0.05, 0.1) is 0 Å². The molecule has 2 aliphatic heterocycles. The van der Waals surface area contributed by atoms with E-state index in [4.69, 9.17) is 23.2 Å². The average Bonchev–Trinajstić information content (AvgIpc) is 2.39. The average molecular weight is 255 g/mol. The SMILES string of the molecule is ClC(=C(Cl)N1C=CC=CC1)N1C=CC=CC1. The molecular formula is C12H12Cl2N2. The molecule has 0 saturated carbocycles. The minimum absolute atomic E-state index is 0.544. The van der Waals surface area contributed by atoms with Crippen LogP contribution in [0.15, 0.2) is 59.2 Å². The molecule has 2 rings (SSSR count). The lowest BCUT2D eigenvalue weighted by Gasteiger charge is -2.25. The van der Waals surface area contributed by atoms with Gasteiger partial charge in [-0.15, -0.1) is 0 Å². The summed E-state index contributed by atoms with van der Waals surface area (Å²) in [6.45, 7) is 1.50. The van der Waals surface area contributed by atoms with Crippen LogP contribution in [0.2, 0.25) is 0 Å². The fraction of sp³-hybridized carbons (Fsp3) is 0.167. The van der Waals surface area contributed by atoms with Gasteiger partial charge in [-0.25, -0.2) is 0 Å². The van der Waals surface area contributed by atoms with E-state index in [0.29, 0.717) is 10.3 Å². The minimum atomic E-state index is 0.544. The molecule has 84 valence electrons. The molecule has 0 amide bonds. The van der Waals surface area contributed by atoms with Gasteiger partial charge in [-0.1, -0.05) is 47.5 Å². The normalized spacial score (nSPS) is 20.4. The van der Waals surface area contributed by atoms with Gasteiger partial charge in [0, 0.05) is 25.5 Å². The Bertz CT molecular complexity index is 367. The summed E-state index contributed by atoms with van der Waals surface area (Å²) in [6.07, 6.45) is 15.7. The third kappa shape index (κ3) is 2.52. The van der Waals surface area contributed by atoms with Gasteiger partial charge < -0.3 is 9.80 Å². The Hall–Kier alpha value is -1.12. The van der Waals surface area contributed by atoms with Crippen molar-refractivity contribution in [2.45, 2.75) is 0 Å². The largest absolute Gasteiger partial charge is 0.332 e. The smallest absolute Gasteiger partial charge is 0.145 e. The molecular weight excluding hydrogens is 243 g/mol. The van der Waals surface area contributed by atoms with Crippen molar-refractivity contribution in [2.24, 2.45) is 0 Å². The van der Waals surface area contributed by atoms with Gasteiger partial charge in [0.25, 0.3) is 0 Å². The summed E-state index contributed by atoms with van der Waals surface area (Å²) < 4.78 is 0. The molecule has 0 N–H and O–H groups in total. The molecule has 0 radical (unpaired) electrons. The van der Waals surface area contributed by atoms with Crippen LogP contribution in [0.1, 0.15) is 0 Å². The van der Waals surface area contributed by atoms with E-state index in [-0.39, 0.29) is 0 Å². The van der Waals surface area contributed by atoms with Crippen LogP contribution in [0.5, 0.6) is 0 Å². The standard InChI is InChI=1S/C12H12Cl2N2/c13-11(15-7-3-1-4-8-15)12(14)16-9-5-2-6-10-16/h1-7,9H,8,10H2. The second-order valence-corrected chi connectivity index (χ2v) is 4.14. The van der Waals surface area contributed by atoms with Gasteiger partial charge in [0.15, 0.2) is 0 Å². The highest BCUT2D eigenvalue weighted by Gasteiger charge is 2.14. The van der Waals surface area contributed by atoms with Crippen LogP contribution in [0.25, 0.3) is 0 Å². The molecule has 2 nitrogen and oxygen atoms in total. The van der Waals surface area contributed by atoms with Crippen LogP contribution in [0, 0.1) is 0 Å². The van der Waals surface area contributed by atoms with E-state index < -0.39 is 0 Å². The molecule has 16 heavy (non-hydrogen) atoms. The molecule has 0 aromatic heterocycles. The lowest BCUT2D eigenvalue weighted by molar-refractivity contribution is 0.488. The lowest BCUT2D eigenvalue weighted by atomic mass is 10.3. The Morgan fingerprint density at radius 1 is 0.750 bits per heavy atom. The van der Waals surface area contributed by atoms with Crippen molar-refractivity contribution in [3.05, 3.63) is 59.2 Å². The first kappa shape index (κ1) is 11.4. The first-order valence-electron chi connectivity index (χ1n) is 5.04. The van der Waals surface area contributed by atoms with Gasteiger partial charge in [0.2, 0.25) is 0 Å². The molecule has 0 aromatic rings. The number of nitrogens with zero attached hydrogens (tertiary/aromatic N) is 2. The maximum absolute atomic E-state index is 6.23. The van der Waals surface area contributed by atoms with Crippen LogP contribution in [-0.4, -0.2) is 22.9 Å². The van der Waals surface area contributed by atoms with Gasteiger partial charge in [-0.3, -0.25) is 0 Å². The van der Waals surface area contributed by atoms with Crippen molar-refractivity contribution < 1.29 is 0 Å². The second-order valence-electron chi connectivity index (χ2n) is 3.43. The van der Waals surface area contributed by atoms with E-state index in [1.54, 1.807) is 0 Å². The third-order valence-electron chi connectivity index (χ3n) is 2.31. The summed E-state index contributed by atoms with van der Waals surface area (Å²) >= 11 is 12.5. The van der Waals surface area contributed by atoms with Crippen molar-refractivity contribution in [3.63, 3.8) is 0 Å². The fourth-order valence-electron chi connectivity index (χ4n) is 1.46. The summed E-state index contributed by atoms with van der Waals surface area (Å²) in [4.78, 5) is 3.80. The monoisotopic (exact) mass is 254 g/mol. The molecule has 0 unspecified atom stereocenters. The predicted octanol–water partition coefficient (Wildman–Crippen LogP) is 3.36. The van der Waals surface area contributed by atoms with E-state index in [1.165, 1.54) is 0 Å². The molecule has 0 aliphatic carbocycles. The highest BCUT2D eigenvalue weighted by molar-refractivity contribution is 6.38. The molecule has 0 atom stereocenters. The van der Waals surface area contributed by atoms with Crippen molar-refractivity contribution in [2.75, 3.05) is 13.1 Å². The Kier molecular flexibility index (Phi) is 3.75. The van der Waals surface area contributed by atoms with E-state index in [0.717, 1.165) is 13.1 Å². The zero-order valence-corrected chi connectivity index (χ0v) is 10.2. The Morgan fingerprint density at radius 3 is 1.50 bits per heavy atom.